The van der Waals surface area contributed by atoms with Crippen molar-refractivity contribution >= 4 is 23.0 Å². The van der Waals surface area contributed by atoms with Gasteiger partial charge in [0.1, 0.15) is 0 Å². The largest absolute Gasteiger partial charge is 0.493 e. The van der Waals surface area contributed by atoms with E-state index in [9.17, 15) is 0 Å². The van der Waals surface area contributed by atoms with Gasteiger partial charge < -0.3 is 19.9 Å². The molecule has 1 aromatic rings. The molecule has 0 unspecified atom stereocenters. The Balaban J connectivity index is 2.47. The lowest BCUT2D eigenvalue weighted by molar-refractivity contribution is 0.322. The zero-order chi connectivity index (χ0) is 16.1. The van der Waals surface area contributed by atoms with E-state index in [1.54, 1.807) is 21.3 Å². The lowest BCUT2D eigenvalue weighted by Gasteiger charge is -2.18. The highest BCUT2D eigenvalue weighted by atomic mass is 32.1. The highest BCUT2D eigenvalue weighted by Crippen LogP contribution is 2.43. The summed E-state index contributed by atoms with van der Waals surface area (Å²) in [5.41, 5.74) is 11.3. The molecule has 0 amide bonds. The van der Waals surface area contributed by atoms with Crippen LogP contribution in [0.1, 0.15) is 24.0 Å². The molecule has 1 aliphatic rings. The Hall–Kier alpha value is -2.02. The summed E-state index contributed by atoms with van der Waals surface area (Å²) >= 11 is 4.80. The quantitative estimate of drug-likeness (QED) is 0.500. The topological polar surface area (TPSA) is 78.1 Å². The van der Waals surface area contributed by atoms with Gasteiger partial charge in [-0.2, -0.15) is 5.10 Å². The van der Waals surface area contributed by atoms with E-state index in [0.29, 0.717) is 23.7 Å². The van der Waals surface area contributed by atoms with Crippen LogP contribution < -0.4 is 25.4 Å². The van der Waals surface area contributed by atoms with E-state index in [1.807, 2.05) is 6.07 Å². The number of thiocarbonyl (C=S) groups is 1. The van der Waals surface area contributed by atoms with Crippen LogP contribution in [0.5, 0.6) is 17.2 Å². The van der Waals surface area contributed by atoms with Gasteiger partial charge in [0.2, 0.25) is 5.75 Å². The predicted octanol–water partition coefficient (Wildman–Crippen LogP) is 1.78. The zero-order valence-corrected chi connectivity index (χ0v) is 13.9. The molecule has 3 N–H and O–H groups in total. The van der Waals surface area contributed by atoms with Crippen LogP contribution in [-0.2, 0) is 12.8 Å². The van der Waals surface area contributed by atoms with Crippen molar-refractivity contribution in [2.75, 3.05) is 21.3 Å². The molecule has 0 spiro atoms. The molecule has 120 valence electrons. The Kier molecular flexibility index (Phi) is 5.43. The van der Waals surface area contributed by atoms with Gasteiger partial charge in [0.25, 0.3) is 0 Å². The number of nitrogens with one attached hydrogen (secondary N) is 1. The van der Waals surface area contributed by atoms with E-state index in [2.05, 4.69) is 10.5 Å². The Labute approximate surface area is 135 Å². The molecule has 1 aromatic carbocycles. The third-order valence-corrected chi connectivity index (χ3v) is 3.73. The average molecular weight is 323 g/mol. The Morgan fingerprint density at radius 3 is 2.50 bits per heavy atom. The molecule has 1 aliphatic carbocycles. The fraction of sp³-hybridized carbons (Fsp3) is 0.467. The molecule has 0 aliphatic heterocycles. The molecule has 6 nitrogen and oxygen atoms in total. The highest BCUT2D eigenvalue weighted by molar-refractivity contribution is 7.80. The van der Waals surface area contributed by atoms with E-state index in [1.165, 1.54) is 5.56 Å². The maximum atomic E-state index is 5.58. The van der Waals surface area contributed by atoms with Gasteiger partial charge in [-0.15, -0.1) is 0 Å². The zero-order valence-electron chi connectivity index (χ0n) is 13.1. The molecule has 0 saturated carbocycles. The molecule has 22 heavy (non-hydrogen) atoms. The summed E-state index contributed by atoms with van der Waals surface area (Å²) in [5.74, 6) is 1.98. The minimum atomic E-state index is 0.163. The number of aryl methyl sites for hydroxylation is 1. The smallest absolute Gasteiger partial charge is 0.203 e. The Bertz CT molecular complexity index is 602. The first-order valence-electron chi connectivity index (χ1n) is 7.02. The van der Waals surface area contributed by atoms with Crippen LogP contribution in [0.2, 0.25) is 0 Å². The van der Waals surface area contributed by atoms with Gasteiger partial charge in [-0.3, -0.25) is 5.43 Å². The standard InChI is InChI=1S/C15H21N3O3S/c1-19-12-7-9-5-4-6-10(17-18-15(16)22)8-11(9)13(20-2)14(12)21-3/h7H,4-6,8H2,1-3H3,(H3,16,18,22)/b17-10+. The fourth-order valence-electron chi connectivity index (χ4n) is 2.69. The van der Waals surface area contributed by atoms with Crippen LogP contribution in [-0.4, -0.2) is 32.2 Å². The first-order valence-corrected chi connectivity index (χ1v) is 7.43. The summed E-state index contributed by atoms with van der Waals surface area (Å²) < 4.78 is 16.4. The normalized spacial score (nSPS) is 15.7. The molecule has 0 fully saturated rings. The fourth-order valence-corrected chi connectivity index (χ4v) is 2.73. The summed E-state index contributed by atoms with van der Waals surface area (Å²) in [6.45, 7) is 0. The first kappa shape index (κ1) is 16.4. The van der Waals surface area contributed by atoms with Crippen molar-refractivity contribution in [3.8, 4) is 17.2 Å². The second-order valence-corrected chi connectivity index (χ2v) is 5.41. The second-order valence-electron chi connectivity index (χ2n) is 4.97. The molecule has 0 radical (unpaired) electrons. The second kappa shape index (κ2) is 7.31. The molecular weight excluding hydrogens is 302 g/mol. The number of hydrazone groups is 1. The molecule has 0 atom stereocenters. The molecule has 0 aromatic heterocycles. The van der Waals surface area contributed by atoms with Crippen molar-refractivity contribution < 1.29 is 14.2 Å². The average Bonchev–Trinajstić information content (AvgIpc) is 2.72. The number of nitrogens with zero attached hydrogens (tertiary/aromatic N) is 1. The Morgan fingerprint density at radius 2 is 1.91 bits per heavy atom. The van der Waals surface area contributed by atoms with Gasteiger partial charge in [-0.05, 0) is 43.1 Å². The Morgan fingerprint density at radius 1 is 1.18 bits per heavy atom. The van der Waals surface area contributed by atoms with Crippen molar-refractivity contribution in [1.82, 2.24) is 5.43 Å². The van der Waals surface area contributed by atoms with Gasteiger partial charge in [0, 0.05) is 17.7 Å². The molecule has 0 saturated heterocycles. The number of hydrogen-bond donors (Lipinski definition) is 2. The van der Waals surface area contributed by atoms with E-state index in [-0.39, 0.29) is 5.11 Å². The van der Waals surface area contributed by atoms with Crippen LogP contribution in [0.4, 0.5) is 0 Å². The highest BCUT2D eigenvalue weighted by Gasteiger charge is 2.23. The van der Waals surface area contributed by atoms with E-state index < -0.39 is 0 Å². The number of fused-ring (bicyclic) bond motifs is 1. The van der Waals surface area contributed by atoms with Crippen molar-refractivity contribution in [2.45, 2.75) is 25.7 Å². The van der Waals surface area contributed by atoms with Crippen LogP contribution in [0.3, 0.4) is 0 Å². The summed E-state index contributed by atoms with van der Waals surface area (Å²) in [4.78, 5) is 0. The van der Waals surface area contributed by atoms with Gasteiger partial charge in [0.05, 0.1) is 21.3 Å². The van der Waals surface area contributed by atoms with E-state index in [0.717, 1.165) is 30.5 Å². The molecule has 0 bridgehead atoms. The lowest BCUT2D eigenvalue weighted by Crippen LogP contribution is -2.25. The lowest BCUT2D eigenvalue weighted by atomic mass is 10.00. The van der Waals surface area contributed by atoms with Crippen LogP contribution in [0.25, 0.3) is 0 Å². The van der Waals surface area contributed by atoms with Gasteiger partial charge in [-0.1, -0.05) is 0 Å². The first-order chi connectivity index (χ1) is 10.6. The van der Waals surface area contributed by atoms with E-state index in [4.69, 9.17) is 32.2 Å². The summed E-state index contributed by atoms with van der Waals surface area (Å²) in [6, 6.07) is 2.01. The van der Waals surface area contributed by atoms with Gasteiger partial charge in [0.15, 0.2) is 16.6 Å². The maximum absolute atomic E-state index is 5.58. The van der Waals surface area contributed by atoms with E-state index >= 15 is 0 Å². The van der Waals surface area contributed by atoms with Crippen LogP contribution in [0.15, 0.2) is 11.2 Å². The number of hydrogen-bond acceptors (Lipinski definition) is 5. The molecule has 7 heteroatoms. The summed E-state index contributed by atoms with van der Waals surface area (Å²) in [7, 11) is 4.86. The molecule has 2 rings (SSSR count). The minimum absolute atomic E-state index is 0.163. The number of benzene rings is 1. The third-order valence-electron chi connectivity index (χ3n) is 3.64. The van der Waals surface area contributed by atoms with Crippen LogP contribution >= 0.6 is 12.2 Å². The van der Waals surface area contributed by atoms with Crippen molar-refractivity contribution in [1.29, 1.82) is 0 Å². The van der Waals surface area contributed by atoms with Gasteiger partial charge >= 0.3 is 0 Å². The molecule has 0 heterocycles. The van der Waals surface area contributed by atoms with Crippen molar-refractivity contribution in [2.24, 2.45) is 10.8 Å². The minimum Gasteiger partial charge on any atom is -0.493 e. The number of methoxy groups -OCH3 is 3. The predicted molar refractivity (Wildman–Crippen MR) is 90.1 cm³/mol. The summed E-state index contributed by atoms with van der Waals surface area (Å²) in [5, 5.41) is 4.45. The maximum Gasteiger partial charge on any atom is 0.203 e. The number of ether oxygens (including phenoxy) is 3. The van der Waals surface area contributed by atoms with Crippen molar-refractivity contribution in [3.05, 3.63) is 17.2 Å². The molecular formula is C15H21N3O3S. The van der Waals surface area contributed by atoms with Crippen molar-refractivity contribution in [3.63, 3.8) is 0 Å². The monoisotopic (exact) mass is 323 g/mol. The number of rotatable bonds is 4. The number of nitrogens with two attached hydrogens (primary N) is 1. The SMILES string of the molecule is COc1cc2c(c(OC)c1OC)C/C(=N/NC(N)=S)CCC2. The van der Waals surface area contributed by atoms with Crippen LogP contribution in [0, 0.1) is 0 Å². The summed E-state index contributed by atoms with van der Waals surface area (Å²) in [6.07, 6.45) is 3.45. The van der Waals surface area contributed by atoms with Gasteiger partial charge in [-0.25, -0.2) is 0 Å². The third kappa shape index (κ3) is 3.41.